The molecule has 2 saturated heterocycles. The number of likely N-dealkylation sites (tertiary alicyclic amines) is 2. The summed E-state index contributed by atoms with van der Waals surface area (Å²) in [5, 5.41) is 0. The number of hydrogen-bond donors (Lipinski definition) is 1. The number of hydrogen-bond acceptors (Lipinski definition) is 2. The van der Waals surface area contributed by atoms with Crippen LogP contribution in [0.5, 0.6) is 0 Å². The second-order valence-electron chi connectivity index (χ2n) is 8.21. The largest absolute Gasteiger partial charge is 0.357 e. The van der Waals surface area contributed by atoms with Crippen LogP contribution in [0.1, 0.15) is 59.8 Å². The molecule has 136 valence electrons. The number of carbonyl (C=O) groups excluding carboxylic acids is 1. The van der Waals surface area contributed by atoms with E-state index in [9.17, 15) is 4.79 Å². The quantitative estimate of drug-likeness (QED) is 0.897. The molecule has 3 heterocycles. The summed E-state index contributed by atoms with van der Waals surface area (Å²) >= 11 is 0. The molecule has 4 nitrogen and oxygen atoms in total. The first-order valence-electron chi connectivity index (χ1n) is 10.0. The standard InChI is InChI=1S/C22H27N3O/c26-21(19-8-5-11-23-19)25-14-9-22(10-15-25)16-20(24-12-3-4-13-24)17-6-1-2-7-18(17)22/h1-2,5-8,11,20,23H,3-4,9-10,12-16H2. The maximum absolute atomic E-state index is 12.7. The highest BCUT2D eigenvalue weighted by molar-refractivity contribution is 5.92. The van der Waals surface area contributed by atoms with Gasteiger partial charge in [0.2, 0.25) is 0 Å². The van der Waals surface area contributed by atoms with Crippen LogP contribution in [-0.2, 0) is 5.41 Å². The number of nitrogens with zero attached hydrogens (tertiary/aromatic N) is 2. The topological polar surface area (TPSA) is 39.3 Å². The lowest BCUT2D eigenvalue weighted by Gasteiger charge is -2.40. The Hall–Kier alpha value is -2.07. The molecular weight excluding hydrogens is 322 g/mol. The smallest absolute Gasteiger partial charge is 0.270 e. The lowest BCUT2D eigenvalue weighted by atomic mass is 9.73. The molecule has 5 rings (SSSR count). The van der Waals surface area contributed by atoms with Crippen molar-refractivity contribution < 1.29 is 4.79 Å². The van der Waals surface area contributed by atoms with E-state index >= 15 is 0 Å². The Labute approximate surface area is 155 Å². The number of piperidine rings is 1. The van der Waals surface area contributed by atoms with E-state index in [1.807, 2.05) is 23.2 Å². The van der Waals surface area contributed by atoms with Gasteiger partial charge >= 0.3 is 0 Å². The Morgan fingerprint density at radius 2 is 1.77 bits per heavy atom. The van der Waals surface area contributed by atoms with E-state index in [1.54, 1.807) is 11.1 Å². The van der Waals surface area contributed by atoms with Crippen LogP contribution >= 0.6 is 0 Å². The van der Waals surface area contributed by atoms with Gasteiger partial charge in [-0.2, -0.15) is 0 Å². The molecule has 2 fully saturated rings. The normalized spacial score (nSPS) is 24.9. The first-order chi connectivity index (χ1) is 12.8. The summed E-state index contributed by atoms with van der Waals surface area (Å²) in [7, 11) is 0. The number of nitrogens with one attached hydrogen (secondary N) is 1. The van der Waals surface area contributed by atoms with Gasteiger partial charge in [0.05, 0.1) is 0 Å². The predicted octanol–water partition coefficient (Wildman–Crippen LogP) is 3.73. The van der Waals surface area contributed by atoms with Gasteiger partial charge in [0.25, 0.3) is 5.91 Å². The molecule has 0 saturated carbocycles. The van der Waals surface area contributed by atoms with Gasteiger partial charge in [0.15, 0.2) is 0 Å². The molecule has 1 unspecified atom stereocenters. The summed E-state index contributed by atoms with van der Waals surface area (Å²) in [6.07, 6.45) is 7.90. The summed E-state index contributed by atoms with van der Waals surface area (Å²) in [6.45, 7) is 4.21. The molecule has 1 aromatic heterocycles. The number of carbonyl (C=O) groups is 1. The van der Waals surface area contributed by atoms with E-state index in [0.29, 0.717) is 11.7 Å². The molecule has 1 amide bonds. The number of benzene rings is 1. The molecule has 1 aliphatic carbocycles. The Kier molecular flexibility index (Phi) is 3.89. The van der Waals surface area contributed by atoms with Crippen molar-refractivity contribution in [3.63, 3.8) is 0 Å². The minimum absolute atomic E-state index is 0.146. The number of aromatic amines is 1. The number of aromatic nitrogens is 1. The molecule has 1 aromatic carbocycles. The van der Waals surface area contributed by atoms with Crippen molar-refractivity contribution in [1.29, 1.82) is 0 Å². The van der Waals surface area contributed by atoms with Crippen molar-refractivity contribution in [2.45, 2.75) is 43.6 Å². The van der Waals surface area contributed by atoms with Crippen LogP contribution in [0, 0.1) is 0 Å². The van der Waals surface area contributed by atoms with Gasteiger partial charge in [-0.25, -0.2) is 0 Å². The lowest BCUT2D eigenvalue weighted by molar-refractivity contribution is 0.0644. The van der Waals surface area contributed by atoms with Crippen molar-refractivity contribution in [2.75, 3.05) is 26.2 Å². The fraction of sp³-hybridized carbons (Fsp3) is 0.500. The second kappa shape index (κ2) is 6.27. The van der Waals surface area contributed by atoms with Crippen molar-refractivity contribution in [1.82, 2.24) is 14.8 Å². The van der Waals surface area contributed by atoms with Crippen LogP contribution in [0.25, 0.3) is 0 Å². The minimum Gasteiger partial charge on any atom is -0.357 e. The Morgan fingerprint density at radius 3 is 2.50 bits per heavy atom. The van der Waals surface area contributed by atoms with Crippen LogP contribution in [0.3, 0.4) is 0 Å². The third-order valence-electron chi connectivity index (χ3n) is 6.89. The minimum atomic E-state index is 0.146. The van der Waals surface area contributed by atoms with Gasteiger partial charge in [0.1, 0.15) is 5.69 Å². The molecule has 1 spiro atoms. The molecular formula is C22H27N3O. The third kappa shape index (κ3) is 2.50. The van der Waals surface area contributed by atoms with E-state index in [0.717, 1.165) is 25.9 Å². The van der Waals surface area contributed by atoms with E-state index in [1.165, 1.54) is 32.4 Å². The van der Waals surface area contributed by atoms with Gasteiger partial charge in [-0.15, -0.1) is 0 Å². The fourth-order valence-corrected chi connectivity index (χ4v) is 5.48. The monoisotopic (exact) mass is 349 g/mol. The van der Waals surface area contributed by atoms with Gasteiger partial charge in [-0.1, -0.05) is 24.3 Å². The zero-order valence-electron chi connectivity index (χ0n) is 15.3. The van der Waals surface area contributed by atoms with E-state index < -0.39 is 0 Å². The molecule has 4 heteroatoms. The van der Waals surface area contributed by atoms with Gasteiger partial charge in [-0.05, 0) is 68.5 Å². The summed E-state index contributed by atoms with van der Waals surface area (Å²) in [4.78, 5) is 20.5. The highest BCUT2D eigenvalue weighted by atomic mass is 16.2. The van der Waals surface area contributed by atoms with E-state index in [-0.39, 0.29) is 11.3 Å². The fourth-order valence-electron chi connectivity index (χ4n) is 5.48. The average molecular weight is 349 g/mol. The van der Waals surface area contributed by atoms with Crippen molar-refractivity contribution >= 4 is 5.91 Å². The van der Waals surface area contributed by atoms with Crippen molar-refractivity contribution in [3.05, 3.63) is 59.4 Å². The molecule has 1 atom stereocenters. The Bertz CT molecular complexity index is 783. The first kappa shape index (κ1) is 16.1. The summed E-state index contributed by atoms with van der Waals surface area (Å²) in [6, 6.07) is 13.5. The maximum atomic E-state index is 12.7. The molecule has 2 aromatic rings. The number of fused-ring (bicyclic) bond motifs is 2. The van der Waals surface area contributed by atoms with Gasteiger partial charge in [-0.3, -0.25) is 9.69 Å². The summed E-state index contributed by atoms with van der Waals surface area (Å²) in [5.41, 5.74) is 4.08. The number of amides is 1. The second-order valence-corrected chi connectivity index (χ2v) is 8.21. The van der Waals surface area contributed by atoms with Crippen LogP contribution in [-0.4, -0.2) is 46.9 Å². The molecule has 26 heavy (non-hydrogen) atoms. The van der Waals surface area contributed by atoms with Crippen LogP contribution in [0.15, 0.2) is 42.6 Å². The SMILES string of the molecule is O=C(c1ccc[nH]1)N1CCC2(CC1)CC(N1CCCC1)c1ccccc12. The van der Waals surface area contributed by atoms with Crippen molar-refractivity contribution in [2.24, 2.45) is 0 Å². The van der Waals surface area contributed by atoms with Gasteiger partial charge < -0.3 is 9.88 Å². The molecule has 0 radical (unpaired) electrons. The molecule has 3 aliphatic rings. The van der Waals surface area contributed by atoms with Crippen LogP contribution < -0.4 is 0 Å². The predicted molar refractivity (Wildman–Crippen MR) is 102 cm³/mol. The van der Waals surface area contributed by atoms with Crippen molar-refractivity contribution in [3.8, 4) is 0 Å². The zero-order valence-corrected chi connectivity index (χ0v) is 15.3. The highest BCUT2D eigenvalue weighted by Crippen LogP contribution is 2.53. The average Bonchev–Trinajstić information content (AvgIpc) is 3.44. The zero-order chi connectivity index (χ0) is 17.6. The molecule has 0 bridgehead atoms. The first-order valence-corrected chi connectivity index (χ1v) is 10.0. The highest BCUT2D eigenvalue weighted by Gasteiger charge is 2.47. The van der Waals surface area contributed by atoms with Crippen LogP contribution in [0.4, 0.5) is 0 Å². The lowest BCUT2D eigenvalue weighted by Crippen LogP contribution is -2.44. The summed E-state index contributed by atoms with van der Waals surface area (Å²) in [5.74, 6) is 0.146. The molecule has 1 N–H and O–H groups in total. The van der Waals surface area contributed by atoms with Crippen LogP contribution in [0.2, 0.25) is 0 Å². The number of H-pyrrole nitrogens is 1. The summed E-state index contributed by atoms with van der Waals surface area (Å²) < 4.78 is 0. The van der Waals surface area contributed by atoms with E-state index in [4.69, 9.17) is 0 Å². The number of rotatable bonds is 2. The third-order valence-corrected chi connectivity index (χ3v) is 6.89. The molecule has 2 aliphatic heterocycles. The van der Waals surface area contributed by atoms with E-state index in [2.05, 4.69) is 34.1 Å². The Balaban J connectivity index is 1.38. The van der Waals surface area contributed by atoms with Gasteiger partial charge in [0, 0.05) is 30.7 Å². The Morgan fingerprint density at radius 1 is 1.00 bits per heavy atom. The maximum Gasteiger partial charge on any atom is 0.270 e.